The number of carbonyl (C=O) groups excluding carboxylic acids is 1. The third-order valence-corrected chi connectivity index (χ3v) is 6.78. The highest BCUT2D eigenvalue weighted by Gasteiger charge is 2.41. The zero-order chi connectivity index (χ0) is 24.5. The number of nitriles is 1. The number of aromatic nitrogens is 2. The number of carbonyl (C=O) groups is 1. The summed E-state index contributed by atoms with van der Waals surface area (Å²) in [6, 6.07) is 14.9. The van der Waals surface area contributed by atoms with Crippen LogP contribution in [0.1, 0.15) is 35.4 Å². The van der Waals surface area contributed by atoms with E-state index in [2.05, 4.69) is 27.4 Å². The molecule has 1 saturated heterocycles. The van der Waals surface area contributed by atoms with Gasteiger partial charge in [-0.05, 0) is 48.4 Å². The molecule has 2 atom stereocenters. The average molecular weight is 475 g/mol. The van der Waals surface area contributed by atoms with Crippen molar-refractivity contribution < 1.29 is 13.6 Å². The van der Waals surface area contributed by atoms with Crippen LogP contribution in [0.2, 0.25) is 0 Å². The molecule has 0 spiro atoms. The van der Waals surface area contributed by atoms with E-state index in [-0.39, 0.29) is 16.9 Å². The Balaban J connectivity index is 1.43. The van der Waals surface area contributed by atoms with Crippen molar-refractivity contribution in [3.63, 3.8) is 0 Å². The molecule has 0 aliphatic carbocycles. The lowest BCUT2D eigenvalue weighted by Gasteiger charge is -2.34. The molecule has 7 nitrogen and oxygen atoms in total. The molecule has 5 rings (SSSR count). The molecule has 2 N–H and O–H groups in total. The minimum Gasteiger partial charge on any atom is -0.342 e. The highest BCUT2D eigenvalue weighted by molar-refractivity contribution is 5.98. The zero-order valence-corrected chi connectivity index (χ0v) is 18.8. The van der Waals surface area contributed by atoms with Gasteiger partial charge >= 0.3 is 0 Å². The van der Waals surface area contributed by atoms with Gasteiger partial charge in [0, 0.05) is 25.1 Å². The summed E-state index contributed by atoms with van der Waals surface area (Å²) in [5.41, 5.74) is 0.794. The van der Waals surface area contributed by atoms with Crippen LogP contribution in [0.4, 0.5) is 20.5 Å². The molecule has 0 radical (unpaired) electrons. The topological polar surface area (TPSA) is 102 Å². The Hall–Kier alpha value is -4.06. The molecule has 2 aromatic carbocycles. The number of hydrogen-bond acceptors (Lipinski definition) is 5. The number of benzene rings is 2. The summed E-state index contributed by atoms with van der Waals surface area (Å²) < 4.78 is 27.9. The second kappa shape index (κ2) is 9.29. The molecule has 9 heteroatoms. The van der Waals surface area contributed by atoms with E-state index < -0.39 is 34.9 Å². The predicted molar refractivity (Wildman–Crippen MR) is 126 cm³/mol. The van der Waals surface area contributed by atoms with Crippen molar-refractivity contribution in [1.82, 2.24) is 9.97 Å². The summed E-state index contributed by atoms with van der Waals surface area (Å²) in [4.78, 5) is 35.1. The van der Waals surface area contributed by atoms with Crippen LogP contribution in [0, 0.1) is 34.8 Å². The summed E-state index contributed by atoms with van der Waals surface area (Å²) in [6.07, 6.45) is 2.83. The Morgan fingerprint density at radius 1 is 1.06 bits per heavy atom. The van der Waals surface area contributed by atoms with Gasteiger partial charge in [0.2, 0.25) is 11.9 Å². The Labute approximate surface area is 200 Å². The lowest BCUT2D eigenvalue weighted by atomic mass is 9.79. The number of hydrogen-bond donors (Lipinski definition) is 2. The van der Waals surface area contributed by atoms with Crippen molar-refractivity contribution in [2.45, 2.75) is 25.2 Å². The molecule has 0 bridgehead atoms. The number of aromatic amines is 1. The number of anilines is 2. The standard InChI is InChI=1S/C26H23F2N5O2/c27-18-11-17(12-19(28)13-18)21-20(14-29)24(34)30-23-22(21)25(35)32-26(31-23)33-8-6-16(7-9-33)10-15-4-2-1-3-5-15/h1-5,11-13,16,20-21H,6-10H2,(H2,30,31,32,34,35). The number of nitrogens with one attached hydrogen (secondary N) is 2. The van der Waals surface area contributed by atoms with E-state index in [0.29, 0.717) is 31.0 Å². The summed E-state index contributed by atoms with van der Waals surface area (Å²) >= 11 is 0. The quantitative estimate of drug-likeness (QED) is 0.599. The first-order chi connectivity index (χ1) is 16.9. The highest BCUT2D eigenvalue weighted by Crippen LogP contribution is 2.39. The van der Waals surface area contributed by atoms with Gasteiger partial charge in [0.25, 0.3) is 5.56 Å². The van der Waals surface area contributed by atoms with Gasteiger partial charge < -0.3 is 10.2 Å². The monoisotopic (exact) mass is 475 g/mol. The number of nitrogens with zero attached hydrogens (tertiary/aromatic N) is 3. The maximum absolute atomic E-state index is 13.9. The third-order valence-electron chi connectivity index (χ3n) is 6.78. The van der Waals surface area contributed by atoms with Crippen molar-refractivity contribution in [2.75, 3.05) is 23.3 Å². The maximum Gasteiger partial charge on any atom is 0.258 e. The van der Waals surface area contributed by atoms with E-state index in [1.54, 1.807) is 0 Å². The second-order valence-electron chi connectivity index (χ2n) is 9.05. The Morgan fingerprint density at radius 2 is 1.74 bits per heavy atom. The predicted octanol–water partition coefficient (Wildman–Crippen LogP) is 3.73. The van der Waals surface area contributed by atoms with Crippen molar-refractivity contribution in [3.05, 3.63) is 87.2 Å². The van der Waals surface area contributed by atoms with Gasteiger partial charge in [-0.2, -0.15) is 10.2 Å². The first kappa shape index (κ1) is 22.7. The molecule has 35 heavy (non-hydrogen) atoms. The number of amides is 1. The number of piperidine rings is 1. The molecule has 2 unspecified atom stereocenters. The molecule has 2 aliphatic heterocycles. The van der Waals surface area contributed by atoms with Gasteiger partial charge in [-0.3, -0.25) is 14.6 Å². The minimum absolute atomic E-state index is 0.0151. The van der Waals surface area contributed by atoms with Gasteiger partial charge in [-0.25, -0.2) is 8.78 Å². The highest BCUT2D eigenvalue weighted by atomic mass is 19.1. The molecule has 0 saturated carbocycles. The Kier molecular flexibility index (Phi) is 6.03. The van der Waals surface area contributed by atoms with Crippen LogP contribution in [0.3, 0.4) is 0 Å². The van der Waals surface area contributed by atoms with E-state index >= 15 is 0 Å². The first-order valence-corrected chi connectivity index (χ1v) is 11.5. The van der Waals surface area contributed by atoms with Crippen LogP contribution < -0.4 is 15.8 Å². The van der Waals surface area contributed by atoms with Gasteiger partial charge in [0.1, 0.15) is 23.4 Å². The van der Waals surface area contributed by atoms with E-state index in [4.69, 9.17) is 0 Å². The van der Waals surface area contributed by atoms with E-state index in [1.807, 2.05) is 29.2 Å². The second-order valence-corrected chi connectivity index (χ2v) is 9.05. The Bertz CT molecular complexity index is 1340. The smallest absolute Gasteiger partial charge is 0.258 e. The number of rotatable bonds is 4. The van der Waals surface area contributed by atoms with Crippen molar-refractivity contribution in [1.29, 1.82) is 5.26 Å². The largest absolute Gasteiger partial charge is 0.342 e. The van der Waals surface area contributed by atoms with Crippen LogP contribution in [0.5, 0.6) is 0 Å². The SMILES string of the molecule is N#CC1C(=O)Nc2nc(N3CCC(Cc4ccccc4)CC3)[nH]c(=O)c2C1c1cc(F)cc(F)c1. The number of H-pyrrole nitrogens is 1. The van der Waals surface area contributed by atoms with Gasteiger partial charge in [-0.1, -0.05) is 30.3 Å². The normalized spacial score (nSPS) is 20.1. The number of fused-ring (bicyclic) bond motifs is 1. The fourth-order valence-electron chi connectivity index (χ4n) is 5.06. The van der Waals surface area contributed by atoms with Crippen LogP contribution in [0.15, 0.2) is 53.3 Å². The van der Waals surface area contributed by atoms with Crippen LogP contribution in [0.25, 0.3) is 0 Å². The third kappa shape index (κ3) is 4.52. The first-order valence-electron chi connectivity index (χ1n) is 11.5. The van der Waals surface area contributed by atoms with Crippen molar-refractivity contribution >= 4 is 17.7 Å². The zero-order valence-electron chi connectivity index (χ0n) is 18.8. The lowest BCUT2D eigenvalue weighted by Crippen LogP contribution is -2.41. The van der Waals surface area contributed by atoms with E-state index in [0.717, 1.165) is 31.4 Å². The molecule has 3 aromatic rings. The summed E-state index contributed by atoms with van der Waals surface area (Å²) in [7, 11) is 0. The van der Waals surface area contributed by atoms with E-state index in [9.17, 15) is 23.6 Å². The molecule has 1 aromatic heterocycles. The van der Waals surface area contributed by atoms with Gasteiger partial charge in [-0.15, -0.1) is 0 Å². The van der Waals surface area contributed by atoms with E-state index in [1.165, 1.54) is 5.56 Å². The molecular formula is C26H23F2N5O2. The molecule has 1 amide bonds. The summed E-state index contributed by atoms with van der Waals surface area (Å²) in [5, 5.41) is 12.1. The van der Waals surface area contributed by atoms with Crippen molar-refractivity contribution in [3.8, 4) is 6.07 Å². The molecule has 178 valence electrons. The minimum atomic E-state index is -1.33. The maximum atomic E-state index is 13.9. The fraction of sp³-hybridized carbons (Fsp3) is 0.308. The Morgan fingerprint density at radius 3 is 2.40 bits per heavy atom. The fourth-order valence-corrected chi connectivity index (χ4v) is 5.06. The lowest BCUT2D eigenvalue weighted by molar-refractivity contribution is -0.119. The molecule has 3 heterocycles. The van der Waals surface area contributed by atoms with Gasteiger partial charge in [0.05, 0.1) is 11.6 Å². The van der Waals surface area contributed by atoms with Crippen molar-refractivity contribution in [2.24, 2.45) is 11.8 Å². The number of halogens is 2. The summed E-state index contributed by atoms with van der Waals surface area (Å²) in [5.74, 6) is -4.00. The van der Waals surface area contributed by atoms with Crippen LogP contribution in [-0.4, -0.2) is 29.0 Å². The molecule has 1 fully saturated rings. The average Bonchev–Trinajstić information content (AvgIpc) is 2.83. The van der Waals surface area contributed by atoms with Gasteiger partial charge in [0.15, 0.2) is 0 Å². The molecule has 2 aliphatic rings. The van der Waals surface area contributed by atoms with Crippen LogP contribution in [-0.2, 0) is 11.2 Å². The van der Waals surface area contributed by atoms with Crippen LogP contribution >= 0.6 is 0 Å². The summed E-state index contributed by atoms with van der Waals surface area (Å²) in [6.45, 7) is 1.37. The molecular weight excluding hydrogens is 452 g/mol.